The highest BCUT2D eigenvalue weighted by molar-refractivity contribution is 5.83. The molecule has 3 heterocycles. The highest BCUT2D eigenvalue weighted by Crippen LogP contribution is 2.52. The minimum atomic E-state index is 0.150. The first-order valence-electron chi connectivity index (χ1n) is 9.14. The van der Waals surface area contributed by atoms with Crippen molar-refractivity contribution in [1.82, 2.24) is 19.9 Å². The lowest BCUT2D eigenvalue weighted by Crippen LogP contribution is -2.39. The van der Waals surface area contributed by atoms with Crippen molar-refractivity contribution in [3.8, 4) is 11.5 Å². The van der Waals surface area contributed by atoms with Gasteiger partial charge in [-0.3, -0.25) is 9.78 Å². The second-order valence-corrected chi connectivity index (χ2v) is 8.16. The van der Waals surface area contributed by atoms with Crippen LogP contribution < -0.4 is 4.90 Å². The van der Waals surface area contributed by atoms with Crippen molar-refractivity contribution in [2.24, 2.45) is 11.3 Å². The van der Waals surface area contributed by atoms with Gasteiger partial charge in [-0.25, -0.2) is 9.97 Å². The summed E-state index contributed by atoms with van der Waals surface area (Å²) in [6.07, 6.45) is 3.53. The average molecular weight is 351 g/mol. The molecule has 0 N–H and O–H groups in total. The Morgan fingerprint density at radius 3 is 2.65 bits per heavy atom. The summed E-state index contributed by atoms with van der Waals surface area (Å²) in [4.78, 5) is 30.7. The minimum absolute atomic E-state index is 0.150. The number of nitrogens with zero attached hydrogens (tertiary/aromatic N) is 5. The van der Waals surface area contributed by atoms with Crippen molar-refractivity contribution in [2.75, 3.05) is 25.5 Å². The topological polar surface area (TPSA) is 62.2 Å². The molecule has 26 heavy (non-hydrogen) atoms. The fourth-order valence-corrected chi connectivity index (χ4v) is 3.69. The SMILES string of the molecule is CN(C)c1nc(-c2ccccn2)nc2c1CCN(C(=O)C1CC1(C)C)C2. The van der Waals surface area contributed by atoms with Crippen molar-refractivity contribution < 1.29 is 4.79 Å². The molecule has 2 aromatic heterocycles. The van der Waals surface area contributed by atoms with Crippen LogP contribution in [-0.2, 0) is 17.8 Å². The van der Waals surface area contributed by atoms with Crippen LogP contribution >= 0.6 is 0 Å². The Morgan fingerprint density at radius 1 is 1.27 bits per heavy atom. The minimum Gasteiger partial charge on any atom is -0.362 e. The summed E-state index contributed by atoms with van der Waals surface area (Å²) in [6.45, 7) is 5.63. The molecular formula is C20H25N5O. The van der Waals surface area contributed by atoms with Crippen LogP contribution in [0.1, 0.15) is 31.5 Å². The number of pyridine rings is 1. The maximum Gasteiger partial charge on any atom is 0.226 e. The largest absolute Gasteiger partial charge is 0.362 e. The smallest absolute Gasteiger partial charge is 0.226 e. The van der Waals surface area contributed by atoms with Crippen molar-refractivity contribution >= 4 is 11.7 Å². The first-order valence-corrected chi connectivity index (χ1v) is 9.14. The third kappa shape index (κ3) is 2.93. The van der Waals surface area contributed by atoms with Gasteiger partial charge in [-0.05, 0) is 30.4 Å². The average Bonchev–Trinajstić information content (AvgIpc) is 3.28. The summed E-state index contributed by atoms with van der Waals surface area (Å²) in [5.74, 6) is 1.98. The van der Waals surface area contributed by atoms with Crippen molar-refractivity contribution in [3.63, 3.8) is 0 Å². The van der Waals surface area contributed by atoms with E-state index in [2.05, 4.69) is 18.8 Å². The second kappa shape index (κ2) is 6.04. The molecular weight excluding hydrogens is 326 g/mol. The second-order valence-electron chi connectivity index (χ2n) is 8.16. The number of aromatic nitrogens is 3. The molecule has 1 saturated carbocycles. The van der Waals surface area contributed by atoms with Gasteiger partial charge < -0.3 is 9.80 Å². The summed E-state index contributed by atoms with van der Waals surface area (Å²) >= 11 is 0. The molecule has 1 atom stereocenters. The molecule has 1 fully saturated rings. The van der Waals surface area contributed by atoms with E-state index in [0.717, 1.165) is 42.2 Å². The van der Waals surface area contributed by atoms with E-state index < -0.39 is 0 Å². The number of carbonyl (C=O) groups excluding carboxylic acids is 1. The van der Waals surface area contributed by atoms with Gasteiger partial charge in [0.05, 0.1) is 12.2 Å². The van der Waals surface area contributed by atoms with Gasteiger partial charge in [0.25, 0.3) is 0 Å². The molecule has 2 aliphatic rings. The van der Waals surface area contributed by atoms with Gasteiger partial charge in [-0.15, -0.1) is 0 Å². The van der Waals surface area contributed by atoms with Gasteiger partial charge in [-0.1, -0.05) is 19.9 Å². The Hall–Kier alpha value is -2.50. The molecule has 1 aliphatic carbocycles. The van der Waals surface area contributed by atoms with Gasteiger partial charge in [0.2, 0.25) is 5.91 Å². The highest BCUT2D eigenvalue weighted by Gasteiger charge is 2.52. The lowest BCUT2D eigenvalue weighted by atomic mass is 10.0. The monoisotopic (exact) mass is 351 g/mol. The summed E-state index contributed by atoms with van der Waals surface area (Å²) in [5.41, 5.74) is 3.00. The van der Waals surface area contributed by atoms with Crippen LogP contribution in [-0.4, -0.2) is 46.4 Å². The zero-order valence-corrected chi connectivity index (χ0v) is 15.9. The Morgan fingerprint density at radius 2 is 2.04 bits per heavy atom. The number of fused-ring (bicyclic) bond motifs is 1. The number of carbonyl (C=O) groups is 1. The van der Waals surface area contributed by atoms with E-state index >= 15 is 0 Å². The van der Waals surface area contributed by atoms with Crippen molar-refractivity contribution in [1.29, 1.82) is 0 Å². The predicted octanol–water partition coefficient (Wildman–Crippen LogP) is 2.54. The summed E-state index contributed by atoms with van der Waals surface area (Å²) in [6, 6.07) is 5.73. The molecule has 0 aromatic carbocycles. The highest BCUT2D eigenvalue weighted by atomic mass is 16.2. The van der Waals surface area contributed by atoms with Crippen LogP contribution in [0.3, 0.4) is 0 Å². The first kappa shape index (κ1) is 16.9. The molecule has 0 saturated heterocycles. The normalized spacial score (nSPS) is 20.5. The lowest BCUT2D eigenvalue weighted by molar-refractivity contribution is -0.134. The van der Waals surface area contributed by atoms with E-state index in [1.807, 2.05) is 42.1 Å². The number of hydrogen-bond acceptors (Lipinski definition) is 5. The van der Waals surface area contributed by atoms with E-state index in [0.29, 0.717) is 12.4 Å². The number of amides is 1. The van der Waals surface area contributed by atoms with Crippen LogP contribution in [0, 0.1) is 11.3 Å². The summed E-state index contributed by atoms with van der Waals surface area (Å²) in [5, 5.41) is 0. The molecule has 6 heteroatoms. The standard InChI is InChI=1S/C20H25N5O/c1-20(2)11-14(20)19(26)25-10-8-13-16(12-25)22-17(23-18(13)24(3)4)15-7-5-6-9-21-15/h5-7,9,14H,8,10-12H2,1-4H3. The van der Waals surface area contributed by atoms with Crippen LogP contribution in [0.25, 0.3) is 11.5 Å². The van der Waals surface area contributed by atoms with Gasteiger partial charge in [-0.2, -0.15) is 0 Å². The van der Waals surface area contributed by atoms with Crippen molar-refractivity contribution in [2.45, 2.75) is 33.2 Å². The van der Waals surface area contributed by atoms with E-state index in [4.69, 9.17) is 9.97 Å². The quantitative estimate of drug-likeness (QED) is 0.850. The number of hydrogen-bond donors (Lipinski definition) is 0. The molecule has 2 aromatic rings. The van der Waals surface area contributed by atoms with E-state index in [9.17, 15) is 4.79 Å². The lowest BCUT2D eigenvalue weighted by Gasteiger charge is -2.31. The van der Waals surface area contributed by atoms with Gasteiger partial charge in [0.1, 0.15) is 11.5 Å². The molecule has 6 nitrogen and oxygen atoms in total. The summed E-state index contributed by atoms with van der Waals surface area (Å²) < 4.78 is 0. The third-order valence-electron chi connectivity index (χ3n) is 5.48. The molecule has 0 spiro atoms. The third-order valence-corrected chi connectivity index (χ3v) is 5.48. The van der Waals surface area contributed by atoms with Crippen molar-refractivity contribution in [3.05, 3.63) is 35.7 Å². The van der Waals surface area contributed by atoms with Gasteiger partial charge in [0.15, 0.2) is 5.82 Å². The van der Waals surface area contributed by atoms with E-state index in [1.54, 1.807) is 6.20 Å². The Balaban J connectivity index is 1.68. The molecule has 1 aliphatic heterocycles. The van der Waals surface area contributed by atoms with E-state index in [1.165, 1.54) is 0 Å². The fraction of sp³-hybridized carbons (Fsp3) is 0.500. The number of rotatable bonds is 3. The number of anilines is 1. The first-order chi connectivity index (χ1) is 12.4. The molecule has 1 unspecified atom stereocenters. The fourth-order valence-electron chi connectivity index (χ4n) is 3.69. The molecule has 0 bridgehead atoms. The van der Waals surface area contributed by atoms with Gasteiger partial charge in [0, 0.05) is 38.3 Å². The van der Waals surface area contributed by atoms with E-state index in [-0.39, 0.29) is 17.2 Å². The molecule has 4 rings (SSSR count). The van der Waals surface area contributed by atoms with Crippen LogP contribution in [0.2, 0.25) is 0 Å². The molecule has 136 valence electrons. The van der Waals surface area contributed by atoms with Gasteiger partial charge >= 0.3 is 0 Å². The maximum atomic E-state index is 12.8. The van der Waals surface area contributed by atoms with Crippen LogP contribution in [0.15, 0.2) is 24.4 Å². The van der Waals surface area contributed by atoms with Crippen LogP contribution in [0.4, 0.5) is 5.82 Å². The summed E-state index contributed by atoms with van der Waals surface area (Å²) in [7, 11) is 3.99. The predicted molar refractivity (Wildman–Crippen MR) is 101 cm³/mol. The Bertz CT molecular complexity index is 847. The zero-order valence-electron chi connectivity index (χ0n) is 15.9. The Labute approximate surface area is 154 Å². The molecule has 0 radical (unpaired) electrons. The Kier molecular flexibility index (Phi) is 3.93. The molecule has 1 amide bonds. The maximum absolute atomic E-state index is 12.8. The van der Waals surface area contributed by atoms with Crippen LogP contribution in [0.5, 0.6) is 0 Å². The zero-order chi connectivity index (χ0) is 18.5.